The molecule has 0 fully saturated rings. The maximum atomic E-state index is 10.6. The molecule has 0 aliphatic rings. The molecule has 96 valence electrons. The minimum absolute atomic E-state index is 0.224. The SMILES string of the molecule is Cc1cc(CSc2nnc(SCC(N)=O)s2)no1. The molecule has 2 aromatic rings. The second kappa shape index (κ2) is 6.21. The zero-order chi connectivity index (χ0) is 13.0. The van der Waals surface area contributed by atoms with E-state index >= 15 is 0 Å². The van der Waals surface area contributed by atoms with E-state index in [1.165, 1.54) is 34.9 Å². The molecule has 2 heterocycles. The van der Waals surface area contributed by atoms with E-state index in [1.54, 1.807) is 0 Å². The highest BCUT2D eigenvalue weighted by atomic mass is 32.2. The third-order valence-electron chi connectivity index (χ3n) is 1.75. The Hall–Kier alpha value is -1.06. The third-order valence-corrected chi connectivity index (χ3v) is 4.99. The zero-order valence-corrected chi connectivity index (χ0v) is 11.9. The average molecular weight is 302 g/mol. The van der Waals surface area contributed by atoms with E-state index in [-0.39, 0.29) is 11.7 Å². The predicted octanol–water partition coefficient (Wildman–Crippen LogP) is 1.70. The number of carbonyl (C=O) groups is 1. The maximum Gasteiger partial charge on any atom is 0.227 e. The summed E-state index contributed by atoms with van der Waals surface area (Å²) >= 11 is 4.27. The Morgan fingerprint density at radius 1 is 1.44 bits per heavy atom. The van der Waals surface area contributed by atoms with Crippen LogP contribution in [0.4, 0.5) is 0 Å². The van der Waals surface area contributed by atoms with Crippen LogP contribution in [-0.2, 0) is 10.5 Å². The van der Waals surface area contributed by atoms with E-state index in [2.05, 4.69) is 15.4 Å². The van der Waals surface area contributed by atoms with Crippen LogP contribution in [0.25, 0.3) is 0 Å². The Morgan fingerprint density at radius 3 is 2.78 bits per heavy atom. The van der Waals surface area contributed by atoms with E-state index in [4.69, 9.17) is 10.3 Å². The maximum absolute atomic E-state index is 10.6. The lowest BCUT2D eigenvalue weighted by Crippen LogP contribution is -2.12. The first-order valence-electron chi connectivity index (χ1n) is 4.93. The molecule has 1 amide bonds. The lowest BCUT2D eigenvalue weighted by Gasteiger charge is -1.90. The number of nitrogens with zero attached hydrogens (tertiary/aromatic N) is 3. The van der Waals surface area contributed by atoms with Crippen LogP contribution in [0, 0.1) is 6.92 Å². The van der Waals surface area contributed by atoms with Crippen LogP contribution in [0.1, 0.15) is 11.5 Å². The molecule has 2 rings (SSSR count). The normalized spacial score (nSPS) is 10.7. The van der Waals surface area contributed by atoms with Gasteiger partial charge >= 0.3 is 0 Å². The van der Waals surface area contributed by atoms with E-state index in [1.807, 2.05) is 13.0 Å². The average Bonchev–Trinajstić information content (AvgIpc) is 2.93. The van der Waals surface area contributed by atoms with Crippen LogP contribution >= 0.6 is 34.9 Å². The summed E-state index contributed by atoms with van der Waals surface area (Å²) in [6, 6.07) is 1.89. The van der Waals surface area contributed by atoms with Crippen LogP contribution < -0.4 is 5.73 Å². The van der Waals surface area contributed by atoms with Gasteiger partial charge in [0.2, 0.25) is 5.91 Å². The molecule has 2 N–H and O–H groups in total. The van der Waals surface area contributed by atoms with E-state index in [0.717, 1.165) is 20.1 Å². The number of amides is 1. The largest absolute Gasteiger partial charge is 0.369 e. The van der Waals surface area contributed by atoms with Crippen LogP contribution in [0.3, 0.4) is 0 Å². The third kappa shape index (κ3) is 4.00. The number of thioether (sulfide) groups is 2. The molecule has 0 atom stereocenters. The van der Waals surface area contributed by atoms with Gasteiger partial charge in [0.05, 0.1) is 11.4 Å². The Balaban J connectivity index is 1.84. The monoisotopic (exact) mass is 302 g/mol. The first-order valence-corrected chi connectivity index (χ1v) is 7.72. The summed E-state index contributed by atoms with van der Waals surface area (Å²) in [5.41, 5.74) is 5.93. The molecule has 0 radical (unpaired) electrons. The number of aryl methyl sites for hydroxylation is 1. The van der Waals surface area contributed by atoms with Gasteiger partial charge in [-0.05, 0) is 6.92 Å². The molecule has 0 saturated heterocycles. The van der Waals surface area contributed by atoms with Gasteiger partial charge in [-0.3, -0.25) is 4.79 Å². The van der Waals surface area contributed by atoms with Crippen molar-refractivity contribution >= 4 is 40.8 Å². The molecule has 18 heavy (non-hydrogen) atoms. The first kappa shape index (κ1) is 13.4. The minimum Gasteiger partial charge on any atom is -0.369 e. The van der Waals surface area contributed by atoms with Gasteiger partial charge in [-0.25, -0.2) is 0 Å². The quantitative estimate of drug-likeness (QED) is 0.811. The van der Waals surface area contributed by atoms with Crippen molar-refractivity contribution in [3.63, 3.8) is 0 Å². The number of hydrogen-bond acceptors (Lipinski definition) is 8. The van der Waals surface area contributed by atoms with Crippen LogP contribution in [0.5, 0.6) is 0 Å². The summed E-state index contributed by atoms with van der Waals surface area (Å²) in [5, 5.41) is 11.9. The highest BCUT2D eigenvalue weighted by Gasteiger charge is 2.08. The highest BCUT2D eigenvalue weighted by molar-refractivity contribution is 8.03. The van der Waals surface area contributed by atoms with Crippen molar-refractivity contribution in [2.45, 2.75) is 21.4 Å². The number of nitrogens with two attached hydrogens (primary N) is 1. The molecule has 0 spiro atoms. The van der Waals surface area contributed by atoms with Crippen LogP contribution in [0.2, 0.25) is 0 Å². The summed E-state index contributed by atoms with van der Waals surface area (Å²) in [5.74, 6) is 1.34. The number of carbonyl (C=O) groups excluding carboxylic acids is 1. The van der Waals surface area contributed by atoms with Crippen LogP contribution in [0.15, 0.2) is 19.3 Å². The molecule has 9 heteroatoms. The van der Waals surface area contributed by atoms with Crippen molar-refractivity contribution in [3.8, 4) is 0 Å². The summed E-state index contributed by atoms with van der Waals surface area (Å²) in [6.07, 6.45) is 0. The van der Waals surface area contributed by atoms with Gasteiger partial charge < -0.3 is 10.3 Å². The molecule has 2 aromatic heterocycles. The van der Waals surface area contributed by atoms with Gasteiger partial charge in [0, 0.05) is 11.8 Å². The lowest BCUT2D eigenvalue weighted by molar-refractivity contribution is -0.115. The van der Waals surface area contributed by atoms with Gasteiger partial charge in [0.25, 0.3) is 0 Å². The predicted molar refractivity (Wildman–Crippen MR) is 70.6 cm³/mol. The van der Waals surface area contributed by atoms with Gasteiger partial charge in [0.15, 0.2) is 8.68 Å². The molecule has 0 aliphatic heterocycles. The molecule has 0 unspecified atom stereocenters. The van der Waals surface area contributed by atoms with Crippen molar-refractivity contribution in [3.05, 3.63) is 17.5 Å². The van der Waals surface area contributed by atoms with Crippen molar-refractivity contribution in [2.75, 3.05) is 5.75 Å². The van der Waals surface area contributed by atoms with E-state index in [0.29, 0.717) is 5.75 Å². The van der Waals surface area contributed by atoms with Crippen molar-refractivity contribution < 1.29 is 9.32 Å². The second-order valence-electron chi connectivity index (χ2n) is 3.31. The number of hydrogen-bond donors (Lipinski definition) is 1. The fourth-order valence-corrected chi connectivity index (χ4v) is 3.71. The standard InChI is InChI=1S/C9H10N4O2S3/c1-5-2-6(13-15-5)3-16-8-11-12-9(18-8)17-4-7(10)14/h2H,3-4H2,1H3,(H2,10,14). The van der Waals surface area contributed by atoms with Crippen molar-refractivity contribution in [2.24, 2.45) is 5.73 Å². The Labute approximate surface area is 116 Å². The fraction of sp³-hybridized carbons (Fsp3) is 0.333. The van der Waals surface area contributed by atoms with Gasteiger partial charge in [-0.15, -0.1) is 10.2 Å². The zero-order valence-electron chi connectivity index (χ0n) is 9.45. The van der Waals surface area contributed by atoms with Crippen LogP contribution in [-0.4, -0.2) is 27.0 Å². The Kier molecular flexibility index (Phi) is 4.61. The molecule has 0 aromatic carbocycles. The molecular weight excluding hydrogens is 292 g/mol. The highest BCUT2D eigenvalue weighted by Crippen LogP contribution is 2.30. The number of rotatable bonds is 6. The van der Waals surface area contributed by atoms with Gasteiger partial charge in [0.1, 0.15) is 5.76 Å². The summed E-state index contributed by atoms with van der Waals surface area (Å²) in [7, 11) is 0. The molecule has 0 bridgehead atoms. The molecule has 0 aliphatic carbocycles. The second-order valence-corrected chi connectivity index (χ2v) is 6.73. The van der Waals surface area contributed by atoms with E-state index in [9.17, 15) is 4.79 Å². The van der Waals surface area contributed by atoms with E-state index < -0.39 is 0 Å². The Morgan fingerprint density at radius 2 is 2.17 bits per heavy atom. The summed E-state index contributed by atoms with van der Waals surface area (Å²) in [6.45, 7) is 1.85. The fourth-order valence-electron chi connectivity index (χ4n) is 1.07. The van der Waals surface area contributed by atoms with Gasteiger partial charge in [-0.1, -0.05) is 40.0 Å². The Bertz CT molecular complexity index is 539. The van der Waals surface area contributed by atoms with Crippen molar-refractivity contribution in [1.82, 2.24) is 15.4 Å². The smallest absolute Gasteiger partial charge is 0.227 e. The van der Waals surface area contributed by atoms with Crippen molar-refractivity contribution in [1.29, 1.82) is 0 Å². The topological polar surface area (TPSA) is 94.9 Å². The summed E-state index contributed by atoms with van der Waals surface area (Å²) < 4.78 is 6.55. The molecule has 6 nitrogen and oxygen atoms in total. The first-order chi connectivity index (χ1) is 8.63. The lowest BCUT2D eigenvalue weighted by atomic mass is 10.4. The molecule has 0 saturated carbocycles. The molecular formula is C9H10N4O2S3. The van der Waals surface area contributed by atoms with Gasteiger partial charge in [-0.2, -0.15) is 0 Å². The number of aromatic nitrogens is 3. The number of primary amides is 1. The minimum atomic E-state index is -0.359. The summed E-state index contributed by atoms with van der Waals surface area (Å²) in [4.78, 5) is 10.6.